The third-order valence-electron chi connectivity index (χ3n) is 5.02. The van der Waals surface area contributed by atoms with Gasteiger partial charge in [0.15, 0.2) is 0 Å². The molecular formula is C21H23N4O2Pt-. The van der Waals surface area contributed by atoms with Crippen LogP contribution in [0.4, 0.5) is 5.69 Å². The summed E-state index contributed by atoms with van der Waals surface area (Å²) in [6.07, 6.45) is 1.45. The van der Waals surface area contributed by atoms with Crippen molar-refractivity contribution in [3.63, 3.8) is 0 Å². The monoisotopic (exact) mass is 558 g/mol. The Bertz CT molecular complexity index is 983. The smallest absolute Gasteiger partial charge is 0.354 e. The Morgan fingerprint density at radius 1 is 1.18 bits per heavy atom. The van der Waals surface area contributed by atoms with Crippen LogP contribution >= 0.6 is 0 Å². The van der Waals surface area contributed by atoms with Crippen molar-refractivity contribution < 1.29 is 31.0 Å². The van der Waals surface area contributed by atoms with Crippen LogP contribution in [0.5, 0.6) is 0 Å². The van der Waals surface area contributed by atoms with Gasteiger partial charge in [-0.1, -0.05) is 11.6 Å². The molecular weight excluding hydrogens is 535 g/mol. The number of benzene rings is 1. The van der Waals surface area contributed by atoms with Crippen molar-refractivity contribution in [2.45, 2.75) is 33.4 Å². The Hall–Kier alpha value is -2.46. The number of aryl methyl sites for hydroxylation is 1. The van der Waals surface area contributed by atoms with Gasteiger partial charge in [0, 0.05) is 38.6 Å². The number of rotatable bonds is 1. The van der Waals surface area contributed by atoms with Gasteiger partial charge in [0.1, 0.15) is 5.69 Å². The van der Waals surface area contributed by atoms with Crippen molar-refractivity contribution >= 4 is 11.7 Å². The number of carboxylic acid groups (broad SMARTS) is 1. The van der Waals surface area contributed by atoms with E-state index in [0.29, 0.717) is 0 Å². The number of fused-ring (bicyclic) bond motifs is 3. The van der Waals surface area contributed by atoms with E-state index >= 15 is 0 Å². The van der Waals surface area contributed by atoms with E-state index in [1.54, 1.807) is 12.1 Å². The van der Waals surface area contributed by atoms with Crippen molar-refractivity contribution in [1.82, 2.24) is 14.5 Å². The Morgan fingerprint density at radius 2 is 1.89 bits per heavy atom. The molecule has 0 amide bonds. The van der Waals surface area contributed by atoms with E-state index in [1.165, 1.54) is 23.6 Å². The maximum atomic E-state index is 10.1. The zero-order valence-corrected chi connectivity index (χ0v) is 18.8. The van der Waals surface area contributed by atoms with Crippen LogP contribution in [0, 0.1) is 19.9 Å². The number of nitrogens with zero attached hydrogens (tertiary/aromatic N) is 4. The number of carboxylic acids is 1. The van der Waals surface area contributed by atoms with Gasteiger partial charge in [-0.15, -0.1) is 24.3 Å². The fourth-order valence-electron chi connectivity index (χ4n) is 3.27. The summed E-state index contributed by atoms with van der Waals surface area (Å²) in [5.41, 5.74) is 4.58. The third kappa shape index (κ3) is 3.74. The second-order valence-corrected chi connectivity index (χ2v) is 6.95. The van der Waals surface area contributed by atoms with Gasteiger partial charge in [-0.25, -0.2) is 9.78 Å². The summed E-state index contributed by atoms with van der Waals surface area (Å²) in [5.74, 6) is 0.0410. The van der Waals surface area contributed by atoms with Gasteiger partial charge in [-0.2, -0.15) is 0 Å². The van der Waals surface area contributed by atoms with Gasteiger partial charge in [0.05, 0.1) is 11.5 Å². The second-order valence-electron chi connectivity index (χ2n) is 6.95. The first-order valence-corrected chi connectivity index (χ1v) is 8.70. The Kier molecular flexibility index (Phi) is 6.45. The summed E-state index contributed by atoms with van der Waals surface area (Å²) < 4.78 is 2.31. The summed E-state index contributed by atoms with van der Waals surface area (Å²) in [7, 11) is 2.13. The quantitative estimate of drug-likeness (QED) is 0.459. The molecule has 0 radical (unpaired) electrons. The average molecular weight is 559 g/mol. The summed E-state index contributed by atoms with van der Waals surface area (Å²) in [6, 6.07) is 14.2. The maximum Gasteiger partial charge on any atom is 0.354 e. The van der Waals surface area contributed by atoms with E-state index < -0.39 is 5.97 Å². The van der Waals surface area contributed by atoms with Gasteiger partial charge in [0.2, 0.25) is 0 Å². The third-order valence-corrected chi connectivity index (χ3v) is 5.02. The molecule has 7 heteroatoms. The molecule has 1 aliphatic heterocycles. The molecule has 0 bridgehead atoms. The summed E-state index contributed by atoms with van der Waals surface area (Å²) in [5, 5.41) is 8.32. The number of aromatic carboxylic acids is 1. The molecule has 2 aromatic heterocycles. The topological polar surface area (TPSA) is 71.2 Å². The first kappa shape index (κ1) is 21.8. The first-order valence-electron chi connectivity index (χ1n) is 8.70. The minimum Gasteiger partial charge on any atom is -0.477 e. The number of aromatic nitrogens is 3. The number of hydrogen-bond donors (Lipinski definition) is 1. The van der Waals surface area contributed by atoms with Crippen LogP contribution in [0.15, 0.2) is 42.6 Å². The molecule has 3 aromatic rings. The number of imidazole rings is 1. The Labute approximate surface area is 179 Å². The van der Waals surface area contributed by atoms with Crippen LogP contribution in [0.2, 0.25) is 0 Å². The van der Waals surface area contributed by atoms with E-state index in [-0.39, 0.29) is 32.4 Å². The molecule has 3 heterocycles. The van der Waals surface area contributed by atoms with Gasteiger partial charge in [0.25, 0.3) is 0 Å². The van der Waals surface area contributed by atoms with Crippen LogP contribution in [-0.2, 0) is 26.7 Å². The standard InChI is InChI=1S/C15H18N3.C6H5NO2.Pt/c1-10-11(2)18-14(16-10)12-8-6-7-9-13(12)17(5)15(18,3)4;8-6(9)5-3-1-2-4-7-5;/h6-7,9H,1-5H3;1-4H,(H,8,9);/q-1;;. The van der Waals surface area contributed by atoms with E-state index in [0.717, 1.165) is 17.1 Å². The molecule has 0 saturated carbocycles. The number of anilines is 1. The van der Waals surface area contributed by atoms with E-state index in [1.807, 2.05) is 12.1 Å². The second kappa shape index (κ2) is 8.27. The maximum absolute atomic E-state index is 10.1. The van der Waals surface area contributed by atoms with Crippen molar-refractivity contribution in [1.29, 1.82) is 0 Å². The van der Waals surface area contributed by atoms with Crippen LogP contribution in [0.3, 0.4) is 0 Å². The van der Waals surface area contributed by atoms with Crippen molar-refractivity contribution in [2.24, 2.45) is 0 Å². The molecule has 0 saturated heterocycles. The predicted octanol–water partition coefficient (Wildman–Crippen LogP) is 3.89. The largest absolute Gasteiger partial charge is 0.477 e. The molecule has 0 fully saturated rings. The average Bonchev–Trinajstić information content (AvgIpc) is 2.97. The minimum absolute atomic E-state index is 0. The summed E-state index contributed by atoms with van der Waals surface area (Å²) in [6.45, 7) is 8.65. The van der Waals surface area contributed by atoms with Crippen LogP contribution in [0.1, 0.15) is 35.7 Å². The van der Waals surface area contributed by atoms with Crippen molar-refractivity contribution in [3.05, 3.63) is 65.7 Å². The van der Waals surface area contributed by atoms with Gasteiger partial charge < -0.3 is 14.6 Å². The van der Waals surface area contributed by atoms with E-state index in [2.05, 4.69) is 61.3 Å². The summed E-state index contributed by atoms with van der Waals surface area (Å²) in [4.78, 5) is 20.7. The van der Waals surface area contributed by atoms with Gasteiger partial charge >= 0.3 is 5.97 Å². The van der Waals surface area contributed by atoms with Crippen LogP contribution < -0.4 is 4.90 Å². The molecule has 1 aliphatic rings. The van der Waals surface area contributed by atoms with Crippen LogP contribution in [-0.4, -0.2) is 32.7 Å². The Balaban J connectivity index is 0.000000239. The Morgan fingerprint density at radius 3 is 2.46 bits per heavy atom. The molecule has 150 valence electrons. The van der Waals surface area contributed by atoms with E-state index in [4.69, 9.17) is 10.1 Å². The zero-order chi connectivity index (χ0) is 19.8. The molecule has 0 unspecified atom stereocenters. The first-order chi connectivity index (χ1) is 12.7. The van der Waals surface area contributed by atoms with Crippen molar-refractivity contribution in [3.8, 4) is 11.4 Å². The molecule has 0 atom stereocenters. The minimum atomic E-state index is -0.990. The number of pyridine rings is 1. The molecule has 28 heavy (non-hydrogen) atoms. The summed E-state index contributed by atoms with van der Waals surface area (Å²) >= 11 is 0. The fourth-order valence-corrected chi connectivity index (χ4v) is 3.27. The van der Waals surface area contributed by atoms with Gasteiger partial charge in [-0.3, -0.25) is 4.98 Å². The fraction of sp³-hybridized carbons (Fsp3) is 0.286. The molecule has 4 rings (SSSR count). The molecule has 0 aliphatic carbocycles. The zero-order valence-electron chi connectivity index (χ0n) is 16.5. The molecule has 1 N–H and O–H groups in total. The SMILES string of the molecule is Cc1nc2n(c1C)C(C)(C)N(C)c1ccc[c-]c1-2.O=C(O)c1ccccn1.[Pt]. The van der Waals surface area contributed by atoms with Crippen molar-refractivity contribution in [2.75, 3.05) is 11.9 Å². The molecule has 1 aromatic carbocycles. The van der Waals surface area contributed by atoms with Gasteiger partial charge in [-0.05, 0) is 52.6 Å². The predicted molar refractivity (Wildman–Crippen MR) is 105 cm³/mol. The molecule has 6 nitrogen and oxygen atoms in total. The van der Waals surface area contributed by atoms with E-state index in [9.17, 15) is 4.79 Å². The van der Waals surface area contributed by atoms with Crippen LogP contribution in [0.25, 0.3) is 11.4 Å². The normalized spacial score (nSPS) is 13.4. The molecule has 0 spiro atoms. The number of carbonyl (C=O) groups is 1. The number of hydrogen-bond acceptors (Lipinski definition) is 4.